The Hall–Kier alpha value is -2.14. The maximum Gasteiger partial charge on any atom is 0.287 e. The zero-order chi connectivity index (χ0) is 13.8. The first-order valence-corrected chi connectivity index (χ1v) is 5.94. The summed E-state index contributed by atoms with van der Waals surface area (Å²) in [6, 6.07) is 8.35. The number of nitrogen functional groups attached to an aromatic ring is 1. The lowest BCUT2D eigenvalue weighted by Crippen LogP contribution is -2.22. The number of nitrogens with one attached hydrogen (secondary N) is 1. The SMILES string of the molecule is COc1ccc(CNC(=O)c2ccc(Cl)o2)cc1N. The first kappa shape index (κ1) is 13.3. The normalized spacial score (nSPS) is 10.2. The molecule has 5 nitrogen and oxygen atoms in total. The fraction of sp³-hybridized carbons (Fsp3) is 0.154. The van der Waals surface area contributed by atoms with E-state index < -0.39 is 0 Å². The fourth-order valence-corrected chi connectivity index (χ4v) is 1.75. The summed E-state index contributed by atoms with van der Waals surface area (Å²) in [4.78, 5) is 11.7. The molecule has 19 heavy (non-hydrogen) atoms. The Kier molecular flexibility index (Phi) is 3.97. The van der Waals surface area contributed by atoms with Crippen LogP contribution in [0.15, 0.2) is 34.7 Å². The molecular weight excluding hydrogens is 268 g/mol. The van der Waals surface area contributed by atoms with E-state index in [9.17, 15) is 4.79 Å². The molecule has 6 heteroatoms. The Morgan fingerprint density at radius 3 is 2.79 bits per heavy atom. The number of carbonyl (C=O) groups excluding carboxylic acids is 1. The van der Waals surface area contributed by atoms with Gasteiger partial charge < -0.3 is 20.2 Å². The maximum atomic E-state index is 11.7. The van der Waals surface area contributed by atoms with Gasteiger partial charge in [0.05, 0.1) is 12.8 Å². The summed E-state index contributed by atoms with van der Waals surface area (Å²) in [7, 11) is 1.55. The highest BCUT2D eigenvalue weighted by Crippen LogP contribution is 2.21. The molecule has 0 bridgehead atoms. The number of rotatable bonds is 4. The van der Waals surface area contributed by atoms with Gasteiger partial charge in [-0.15, -0.1) is 0 Å². The van der Waals surface area contributed by atoms with Gasteiger partial charge in [-0.05, 0) is 41.4 Å². The average Bonchev–Trinajstić information content (AvgIpc) is 2.83. The quantitative estimate of drug-likeness (QED) is 0.843. The first-order chi connectivity index (χ1) is 9.10. The number of benzene rings is 1. The van der Waals surface area contributed by atoms with Gasteiger partial charge in [-0.2, -0.15) is 0 Å². The summed E-state index contributed by atoms with van der Waals surface area (Å²) in [6.45, 7) is 0.339. The summed E-state index contributed by atoms with van der Waals surface area (Å²) in [6.07, 6.45) is 0. The van der Waals surface area contributed by atoms with E-state index in [1.165, 1.54) is 12.1 Å². The van der Waals surface area contributed by atoms with Crippen LogP contribution in [0.4, 0.5) is 5.69 Å². The highest BCUT2D eigenvalue weighted by atomic mass is 35.5. The lowest BCUT2D eigenvalue weighted by atomic mass is 10.2. The largest absolute Gasteiger partial charge is 0.495 e. The van der Waals surface area contributed by atoms with Crippen LogP contribution in [-0.2, 0) is 6.54 Å². The van der Waals surface area contributed by atoms with Gasteiger partial charge in [-0.1, -0.05) is 6.07 Å². The molecule has 0 aliphatic heterocycles. The Bertz CT molecular complexity index is 595. The third kappa shape index (κ3) is 3.20. The summed E-state index contributed by atoms with van der Waals surface area (Å²) < 4.78 is 10.1. The second kappa shape index (κ2) is 5.67. The van der Waals surface area contributed by atoms with Crippen LogP contribution in [0.2, 0.25) is 5.22 Å². The number of hydrogen-bond acceptors (Lipinski definition) is 4. The molecule has 1 aromatic carbocycles. The number of halogens is 1. The molecule has 3 N–H and O–H groups in total. The molecule has 2 rings (SSSR count). The van der Waals surface area contributed by atoms with Crippen molar-refractivity contribution in [2.45, 2.75) is 6.54 Å². The van der Waals surface area contributed by atoms with Crippen molar-refractivity contribution in [2.24, 2.45) is 0 Å². The van der Waals surface area contributed by atoms with Crippen molar-refractivity contribution in [3.63, 3.8) is 0 Å². The van der Waals surface area contributed by atoms with Gasteiger partial charge in [0.1, 0.15) is 5.75 Å². The van der Waals surface area contributed by atoms with Gasteiger partial charge in [-0.25, -0.2) is 0 Å². The summed E-state index contributed by atoms with van der Waals surface area (Å²) in [5.74, 6) is 0.445. The lowest BCUT2D eigenvalue weighted by Gasteiger charge is -2.07. The van der Waals surface area contributed by atoms with Crippen LogP contribution in [-0.4, -0.2) is 13.0 Å². The standard InChI is InChI=1S/C13H13ClN2O3/c1-18-10-3-2-8(6-9(10)15)7-16-13(17)11-4-5-12(14)19-11/h2-6H,7,15H2,1H3,(H,16,17). The van der Waals surface area contributed by atoms with Crippen LogP contribution >= 0.6 is 11.6 Å². The number of furan rings is 1. The molecular formula is C13H13ClN2O3. The number of ether oxygens (including phenoxy) is 1. The zero-order valence-corrected chi connectivity index (χ0v) is 11.0. The zero-order valence-electron chi connectivity index (χ0n) is 10.3. The second-order valence-corrected chi connectivity index (χ2v) is 4.24. The van der Waals surface area contributed by atoms with Crippen LogP contribution in [0.5, 0.6) is 5.75 Å². The van der Waals surface area contributed by atoms with Crippen molar-refractivity contribution in [2.75, 3.05) is 12.8 Å². The van der Waals surface area contributed by atoms with E-state index in [0.717, 1.165) is 5.56 Å². The van der Waals surface area contributed by atoms with E-state index >= 15 is 0 Å². The molecule has 0 aliphatic carbocycles. The van der Waals surface area contributed by atoms with E-state index in [0.29, 0.717) is 18.0 Å². The second-order valence-electron chi connectivity index (χ2n) is 3.86. The van der Waals surface area contributed by atoms with Gasteiger partial charge in [0.25, 0.3) is 5.91 Å². The molecule has 0 fully saturated rings. The van der Waals surface area contributed by atoms with Crippen LogP contribution in [0.3, 0.4) is 0 Å². The molecule has 0 radical (unpaired) electrons. The molecule has 1 amide bonds. The Morgan fingerprint density at radius 2 is 2.21 bits per heavy atom. The summed E-state index contributed by atoms with van der Waals surface area (Å²) >= 11 is 5.60. The Morgan fingerprint density at radius 1 is 1.42 bits per heavy atom. The van der Waals surface area contributed by atoms with E-state index in [4.69, 9.17) is 26.5 Å². The molecule has 100 valence electrons. The average molecular weight is 281 g/mol. The number of amides is 1. The molecule has 0 saturated heterocycles. The van der Waals surface area contributed by atoms with Crippen molar-refractivity contribution in [3.05, 3.63) is 46.9 Å². The van der Waals surface area contributed by atoms with Crippen LogP contribution in [0.1, 0.15) is 16.1 Å². The number of nitrogens with two attached hydrogens (primary N) is 1. The van der Waals surface area contributed by atoms with Crippen molar-refractivity contribution in [1.29, 1.82) is 0 Å². The molecule has 0 unspecified atom stereocenters. The summed E-state index contributed by atoms with van der Waals surface area (Å²) in [5, 5.41) is 2.89. The van der Waals surface area contributed by atoms with Crippen molar-refractivity contribution >= 4 is 23.2 Å². The van der Waals surface area contributed by atoms with Crippen LogP contribution in [0, 0.1) is 0 Å². The minimum atomic E-state index is -0.332. The van der Waals surface area contributed by atoms with Gasteiger partial charge >= 0.3 is 0 Å². The van der Waals surface area contributed by atoms with Crippen molar-refractivity contribution < 1.29 is 13.9 Å². The van der Waals surface area contributed by atoms with E-state index in [1.54, 1.807) is 19.2 Å². The number of carbonyl (C=O) groups is 1. The van der Waals surface area contributed by atoms with Crippen molar-refractivity contribution in [1.82, 2.24) is 5.32 Å². The van der Waals surface area contributed by atoms with E-state index in [2.05, 4.69) is 5.32 Å². The smallest absolute Gasteiger partial charge is 0.287 e. The van der Waals surface area contributed by atoms with Gasteiger partial charge in [0.15, 0.2) is 11.0 Å². The van der Waals surface area contributed by atoms with E-state index in [1.807, 2.05) is 6.07 Å². The third-order valence-corrected chi connectivity index (χ3v) is 2.75. The third-order valence-electron chi connectivity index (χ3n) is 2.54. The van der Waals surface area contributed by atoms with Crippen LogP contribution in [0.25, 0.3) is 0 Å². The predicted molar refractivity (Wildman–Crippen MR) is 72.3 cm³/mol. The lowest BCUT2D eigenvalue weighted by molar-refractivity contribution is 0.0923. The maximum absolute atomic E-state index is 11.7. The fourth-order valence-electron chi connectivity index (χ4n) is 1.60. The molecule has 0 spiro atoms. The van der Waals surface area contributed by atoms with Gasteiger partial charge in [0.2, 0.25) is 0 Å². The van der Waals surface area contributed by atoms with Gasteiger partial charge in [-0.3, -0.25) is 4.79 Å². The monoisotopic (exact) mass is 280 g/mol. The highest BCUT2D eigenvalue weighted by Gasteiger charge is 2.10. The summed E-state index contributed by atoms with van der Waals surface area (Å²) in [5.41, 5.74) is 7.17. The number of hydrogen-bond donors (Lipinski definition) is 2. The molecule has 1 heterocycles. The molecule has 0 saturated carbocycles. The molecule has 2 aromatic rings. The topological polar surface area (TPSA) is 77.5 Å². The van der Waals surface area contributed by atoms with E-state index in [-0.39, 0.29) is 16.9 Å². The minimum absolute atomic E-state index is 0.173. The highest BCUT2D eigenvalue weighted by molar-refractivity contribution is 6.29. The molecule has 0 aliphatic rings. The molecule has 0 atom stereocenters. The Balaban J connectivity index is 1.99. The number of methoxy groups -OCH3 is 1. The Labute approximate surface area is 115 Å². The first-order valence-electron chi connectivity index (χ1n) is 5.56. The van der Waals surface area contributed by atoms with Crippen molar-refractivity contribution in [3.8, 4) is 5.75 Å². The minimum Gasteiger partial charge on any atom is -0.495 e. The number of anilines is 1. The predicted octanol–water partition coefficient (Wildman–Crippen LogP) is 2.45. The van der Waals surface area contributed by atoms with Gasteiger partial charge in [0, 0.05) is 6.54 Å². The van der Waals surface area contributed by atoms with Crippen LogP contribution < -0.4 is 15.8 Å². The molecule has 1 aromatic heterocycles.